The van der Waals surface area contributed by atoms with Gasteiger partial charge in [-0.05, 0) is 31.4 Å². The molecule has 1 saturated heterocycles. The highest BCUT2D eigenvalue weighted by Gasteiger charge is 2.15. The van der Waals surface area contributed by atoms with Crippen LogP contribution >= 0.6 is 0 Å². The topological polar surface area (TPSA) is 42.3 Å². The molecule has 0 aromatic carbocycles. The van der Waals surface area contributed by atoms with Crippen LogP contribution in [0.5, 0.6) is 0 Å². The number of hydrogen-bond donors (Lipinski definition) is 0. The predicted molar refractivity (Wildman–Crippen MR) is 75.1 cm³/mol. The van der Waals surface area contributed by atoms with Gasteiger partial charge in [-0.15, -0.1) is 0 Å². The molecule has 1 fully saturated rings. The zero-order chi connectivity index (χ0) is 13.7. The molecule has 0 radical (unpaired) electrons. The van der Waals surface area contributed by atoms with E-state index in [0.29, 0.717) is 0 Å². The van der Waals surface area contributed by atoms with Crippen molar-refractivity contribution in [2.75, 3.05) is 13.1 Å². The van der Waals surface area contributed by atoms with Gasteiger partial charge in [0.15, 0.2) is 0 Å². The Kier molecular flexibility index (Phi) is 4.77. The molecular formula is C15H22N2O2. The van der Waals surface area contributed by atoms with Crippen molar-refractivity contribution in [1.29, 1.82) is 0 Å². The smallest absolute Gasteiger partial charge is 0.251 e. The molecule has 19 heavy (non-hydrogen) atoms. The Bertz CT molecular complexity index is 485. The van der Waals surface area contributed by atoms with E-state index in [-0.39, 0.29) is 18.0 Å². The van der Waals surface area contributed by atoms with Gasteiger partial charge in [0.05, 0.1) is 0 Å². The Labute approximate surface area is 114 Å². The standard InChI is InChI=1S/C15H22N2O2/c1-13-7-10-17(14(18)11-13)12-15(19)16-8-5-3-2-4-6-9-16/h7,10-11H,2-6,8-9,12H2,1H3. The number of amides is 1. The van der Waals surface area contributed by atoms with E-state index in [1.54, 1.807) is 12.3 Å². The van der Waals surface area contributed by atoms with Crippen molar-refractivity contribution in [3.05, 3.63) is 34.2 Å². The average Bonchev–Trinajstić information content (AvgIpc) is 2.32. The summed E-state index contributed by atoms with van der Waals surface area (Å²) in [5.74, 6) is 0.0628. The molecule has 0 aliphatic carbocycles. The second-order valence-corrected chi connectivity index (χ2v) is 5.32. The number of aromatic nitrogens is 1. The summed E-state index contributed by atoms with van der Waals surface area (Å²) in [4.78, 5) is 25.9. The van der Waals surface area contributed by atoms with Crippen molar-refractivity contribution in [2.45, 2.75) is 45.6 Å². The molecule has 4 heteroatoms. The monoisotopic (exact) mass is 262 g/mol. The maximum atomic E-state index is 12.2. The van der Waals surface area contributed by atoms with Gasteiger partial charge >= 0.3 is 0 Å². The van der Waals surface area contributed by atoms with Gasteiger partial charge < -0.3 is 9.47 Å². The zero-order valence-electron chi connectivity index (χ0n) is 11.6. The Balaban J connectivity index is 2.00. The van der Waals surface area contributed by atoms with Crippen LogP contribution in [0, 0.1) is 6.92 Å². The van der Waals surface area contributed by atoms with Crippen LogP contribution in [0.2, 0.25) is 0 Å². The molecule has 1 amide bonds. The first-order valence-corrected chi connectivity index (χ1v) is 7.12. The molecule has 1 aliphatic rings. The van der Waals surface area contributed by atoms with E-state index in [4.69, 9.17) is 0 Å². The minimum atomic E-state index is -0.0969. The molecule has 0 spiro atoms. The quantitative estimate of drug-likeness (QED) is 0.817. The molecule has 1 aliphatic heterocycles. The first kappa shape index (κ1) is 13.8. The number of aryl methyl sites for hydroxylation is 1. The second kappa shape index (κ2) is 6.55. The summed E-state index contributed by atoms with van der Waals surface area (Å²) in [7, 11) is 0. The maximum Gasteiger partial charge on any atom is 0.251 e. The summed E-state index contributed by atoms with van der Waals surface area (Å²) in [6, 6.07) is 3.43. The van der Waals surface area contributed by atoms with Gasteiger partial charge in [-0.25, -0.2) is 0 Å². The third kappa shape index (κ3) is 3.94. The van der Waals surface area contributed by atoms with E-state index in [1.165, 1.54) is 23.8 Å². The van der Waals surface area contributed by atoms with Gasteiger partial charge in [0.2, 0.25) is 5.91 Å². The molecule has 0 unspecified atom stereocenters. The van der Waals surface area contributed by atoms with Gasteiger partial charge in [-0.1, -0.05) is 19.3 Å². The van der Waals surface area contributed by atoms with Crippen molar-refractivity contribution in [3.8, 4) is 0 Å². The van der Waals surface area contributed by atoms with Crippen LogP contribution in [0.15, 0.2) is 23.1 Å². The highest BCUT2D eigenvalue weighted by molar-refractivity contribution is 5.76. The minimum absolute atomic E-state index is 0.0628. The first-order valence-electron chi connectivity index (χ1n) is 7.12. The number of carbonyl (C=O) groups is 1. The summed E-state index contributed by atoms with van der Waals surface area (Å²) in [5, 5.41) is 0. The van der Waals surface area contributed by atoms with Crippen molar-refractivity contribution < 1.29 is 4.79 Å². The third-order valence-corrected chi connectivity index (χ3v) is 3.67. The van der Waals surface area contributed by atoms with Crippen LogP contribution in [-0.4, -0.2) is 28.5 Å². The Hall–Kier alpha value is -1.58. The molecule has 0 bridgehead atoms. The lowest BCUT2D eigenvalue weighted by Gasteiger charge is -2.25. The molecule has 0 saturated carbocycles. The van der Waals surface area contributed by atoms with E-state index in [9.17, 15) is 9.59 Å². The molecule has 1 aromatic heterocycles. The van der Waals surface area contributed by atoms with Gasteiger partial charge in [-0.3, -0.25) is 9.59 Å². The van der Waals surface area contributed by atoms with E-state index in [1.807, 2.05) is 17.9 Å². The Morgan fingerprint density at radius 3 is 2.42 bits per heavy atom. The highest BCUT2D eigenvalue weighted by atomic mass is 16.2. The fraction of sp³-hybridized carbons (Fsp3) is 0.600. The Morgan fingerprint density at radius 2 is 1.79 bits per heavy atom. The number of carbonyl (C=O) groups excluding carboxylic acids is 1. The normalized spacial score (nSPS) is 16.8. The van der Waals surface area contributed by atoms with E-state index < -0.39 is 0 Å². The fourth-order valence-corrected chi connectivity index (χ4v) is 2.48. The summed E-state index contributed by atoms with van der Waals surface area (Å²) in [6.45, 7) is 3.71. The van der Waals surface area contributed by atoms with Crippen LogP contribution in [0.25, 0.3) is 0 Å². The lowest BCUT2D eigenvalue weighted by atomic mass is 10.1. The highest BCUT2D eigenvalue weighted by Crippen LogP contribution is 2.10. The molecule has 104 valence electrons. The third-order valence-electron chi connectivity index (χ3n) is 3.67. The molecule has 1 aromatic rings. The lowest BCUT2D eigenvalue weighted by molar-refractivity contribution is -0.132. The first-order chi connectivity index (χ1) is 9.16. The van der Waals surface area contributed by atoms with Crippen LogP contribution in [0.3, 0.4) is 0 Å². The predicted octanol–water partition coefficient (Wildman–Crippen LogP) is 1.95. The fourth-order valence-electron chi connectivity index (χ4n) is 2.48. The molecule has 2 rings (SSSR count). The van der Waals surface area contributed by atoms with Gasteiger partial charge in [-0.2, -0.15) is 0 Å². The van der Waals surface area contributed by atoms with Crippen LogP contribution < -0.4 is 5.56 Å². The largest absolute Gasteiger partial charge is 0.341 e. The van der Waals surface area contributed by atoms with Crippen molar-refractivity contribution in [2.24, 2.45) is 0 Å². The molecule has 0 atom stereocenters. The average molecular weight is 262 g/mol. The number of likely N-dealkylation sites (tertiary alicyclic amines) is 1. The van der Waals surface area contributed by atoms with Crippen molar-refractivity contribution in [3.63, 3.8) is 0 Å². The summed E-state index contributed by atoms with van der Waals surface area (Å²) in [5.41, 5.74) is 0.834. The zero-order valence-corrected chi connectivity index (χ0v) is 11.6. The number of hydrogen-bond acceptors (Lipinski definition) is 2. The van der Waals surface area contributed by atoms with Gasteiger partial charge in [0.1, 0.15) is 6.54 Å². The summed E-state index contributed by atoms with van der Waals surface area (Å²) >= 11 is 0. The molecule has 2 heterocycles. The lowest BCUT2D eigenvalue weighted by Crippen LogP contribution is -2.38. The number of pyridine rings is 1. The maximum absolute atomic E-state index is 12.2. The van der Waals surface area contributed by atoms with Crippen molar-refractivity contribution >= 4 is 5.91 Å². The van der Waals surface area contributed by atoms with E-state index in [2.05, 4.69) is 0 Å². The van der Waals surface area contributed by atoms with Gasteiger partial charge in [0, 0.05) is 25.4 Å². The Morgan fingerprint density at radius 1 is 1.16 bits per heavy atom. The van der Waals surface area contributed by atoms with E-state index in [0.717, 1.165) is 31.5 Å². The molecular weight excluding hydrogens is 240 g/mol. The summed E-state index contributed by atoms with van der Waals surface area (Å²) in [6.07, 6.45) is 7.55. The second-order valence-electron chi connectivity index (χ2n) is 5.32. The molecule has 0 N–H and O–H groups in total. The van der Waals surface area contributed by atoms with Crippen molar-refractivity contribution in [1.82, 2.24) is 9.47 Å². The van der Waals surface area contributed by atoms with Crippen LogP contribution in [0.1, 0.15) is 37.7 Å². The number of nitrogens with zero attached hydrogens (tertiary/aromatic N) is 2. The SMILES string of the molecule is Cc1ccn(CC(=O)N2CCCCCCC2)c(=O)c1. The summed E-state index contributed by atoms with van der Waals surface area (Å²) < 4.78 is 1.49. The molecule has 4 nitrogen and oxygen atoms in total. The van der Waals surface area contributed by atoms with E-state index >= 15 is 0 Å². The minimum Gasteiger partial charge on any atom is -0.341 e. The van der Waals surface area contributed by atoms with Crippen LogP contribution in [0.4, 0.5) is 0 Å². The van der Waals surface area contributed by atoms with Crippen LogP contribution in [-0.2, 0) is 11.3 Å². The van der Waals surface area contributed by atoms with Gasteiger partial charge in [0.25, 0.3) is 5.56 Å². The number of rotatable bonds is 2.